The maximum atomic E-state index is 12.9. The Labute approximate surface area is 177 Å². The van der Waals surface area contributed by atoms with Gasteiger partial charge in [-0.1, -0.05) is 30.3 Å². The number of pyridine rings is 1. The van der Waals surface area contributed by atoms with E-state index in [9.17, 15) is 4.79 Å². The fourth-order valence-electron chi connectivity index (χ4n) is 3.77. The average molecular weight is 402 g/mol. The molecule has 0 saturated carbocycles. The van der Waals surface area contributed by atoms with Gasteiger partial charge in [0.05, 0.1) is 0 Å². The van der Waals surface area contributed by atoms with Crippen LogP contribution in [0.1, 0.15) is 29.7 Å². The minimum atomic E-state index is -0.239. The van der Waals surface area contributed by atoms with E-state index in [1.54, 1.807) is 12.4 Å². The van der Waals surface area contributed by atoms with Crippen molar-refractivity contribution in [1.29, 1.82) is 0 Å². The Morgan fingerprint density at radius 2 is 1.93 bits per heavy atom. The van der Waals surface area contributed by atoms with Crippen LogP contribution in [0.3, 0.4) is 0 Å². The maximum Gasteiger partial charge on any atom is 0.245 e. The summed E-state index contributed by atoms with van der Waals surface area (Å²) in [5, 5.41) is 3.39. The van der Waals surface area contributed by atoms with Gasteiger partial charge in [-0.15, -0.1) is 0 Å². The van der Waals surface area contributed by atoms with Crippen molar-refractivity contribution in [1.82, 2.24) is 19.9 Å². The van der Waals surface area contributed by atoms with Crippen molar-refractivity contribution in [2.24, 2.45) is 0 Å². The highest BCUT2D eigenvalue weighted by Crippen LogP contribution is 2.24. The fourth-order valence-corrected chi connectivity index (χ4v) is 3.77. The second kappa shape index (κ2) is 9.03. The molecule has 30 heavy (non-hydrogen) atoms. The van der Waals surface area contributed by atoms with Crippen molar-refractivity contribution in [3.05, 3.63) is 71.7 Å². The van der Waals surface area contributed by atoms with E-state index in [1.165, 1.54) is 5.56 Å². The van der Waals surface area contributed by atoms with Gasteiger partial charge < -0.3 is 10.2 Å². The Morgan fingerprint density at radius 3 is 2.70 bits per heavy atom. The van der Waals surface area contributed by atoms with Gasteiger partial charge in [0, 0.05) is 42.3 Å². The smallest absolute Gasteiger partial charge is 0.245 e. The fraction of sp³-hybridized carbons (Fsp3) is 0.333. The van der Waals surface area contributed by atoms with Crippen LogP contribution in [0, 0.1) is 13.8 Å². The van der Waals surface area contributed by atoms with Crippen LogP contribution in [-0.2, 0) is 11.2 Å². The molecule has 1 amide bonds. The van der Waals surface area contributed by atoms with Gasteiger partial charge in [0.15, 0.2) is 5.82 Å². The molecule has 1 aromatic carbocycles. The maximum absolute atomic E-state index is 12.9. The number of amides is 1. The number of hydrogen-bond donors (Lipinski definition) is 1. The van der Waals surface area contributed by atoms with Crippen molar-refractivity contribution < 1.29 is 4.79 Å². The van der Waals surface area contributed by atoms with Gasteiger partial charge in [-0.3, -0.25) is 9.78 Å². The largest absolute Gasteiger partial charge is 0.358 e. The monoisotopic (exact) mass is 401 g/mol. The van der Waals surface area contributed by atoms with E-state index in [2.05, 4.69) is 39.6 Å². The molecule has 1 N–H and O–H groups in total. The van der Waals surface area contributed by atoms with Crippen molar-refractivity contribution in [2.45, 2.75) is 39.2 Å². The summed E-state index contributed by atoms with van der Waals surface area (Å²) in [6.45, 7) is 5.52. The lowest BCUT2D eigenvalue weighted by atomic mass is 10.1. The van der Waals surface area contributed by atoms with Gasteiger partial charge in [0.25, 0.3) is 0 Å². The Balaban J connectivity index is 1.41. The van der Waals surface area contributed by atoms with Gasteiger partial charge in [0.1, 0.15) is 11.9 Å². The molecule has 1 aliphatic heterocycles. The van der Waals surface area contributed by atoms with E-state index in [0.717, 1.165) is 55.0 Å². The second-order valence-corrected chi connectivity index (χ2v) is 7.75. The SMILES string of the molecule is Cc1nc(-c2cccnc2)nc(NC2CCN(CCCc3ccccc3)C2=O)c1C. The third kappa shape index (κ3) is 4.48. The summed E-state index contributed by atoms with van der Waals surface area (Å²) in [5.74, 6) is 1.51. The van der Waals surface area contributed by atoms with Crippen LogP contribution in [0.15, 0.2) is 54.9 Å². The highest BCUT2D eigenvalue weighted by molar-refractivity contribution is 5.86. The Bertz CT molecular complexity index is 1010. The van der Waals surface area contributed by atoms with E-state index < -0.39 is 0 Å². The number of nitrogens with one attached hydrogen (secondary N) is 1. The molecule has 0 spiro atoms. The highest BCUT2D eigenvalue weighted by Gasteiger charge is 2.31. The molecule has 2 aromatic heterocycles. The highest BCUT2D eigenvalue weighted by atomic mass is 16.2. The molecular weight excluding hydrogens is 374 g/mol. The van der Waals surface area contributed by atoms with Crippen LogP contribution in [0.2, 0.25) is 0 Å². The van der Waals surface area contributed by atoms with Gasteiger partial charge >= 0.3 is 0 Å². The van der Waals surface area contributed by atoms with Crippen LogP contribution in [0.4, 0.5) is 5.82 Å². The van der Waals surface area contributed by atoms with Crippen LogP contribution in [0.25, 0.3) is 11.4 Å². The Hall–Kier alpha value is -3.28. The van der Waals surface area contributed by atoms with Gasteiger partial charge in [-0.05, 0) is 50.8 Å². The van der Waals surface area contributed by atoms with Crippen LogP contribution >= 0.6 is 0 Å². The summed E-state index contributed by atoms with van der Waals surface area (Å²) < 4.78 is 0. The number of anilines is 1. The molecule has 0 radical (unpaired) electrons. The lowest BCUT2D eigenvalue weighted by Gasteiger charge is -2.19. The number of hydrogen-bond acceptors (Lipinski definition) is 5. The number of aryl methyl sites for hydroxylation is 2. The van der Waals surface area contributed by atoms with Crippen molar-refractivity contribution in [2.75, 3.05) is 18.4 Å². The predicted octanol–water partition coefficient (Wildman–Crippen LogP) is 3.80. The summed E-state index contributed by atoms with van der Waals surface area (Å²) in [5.41, 5.74) is 4.05. The molecule has 3 aromatic rings. The lowest BCUT2D eigenvalue weighted by Crippen LogP contribution is -2.34. The van der Waals surface area contributed by atoms with E-state index in [-0.39, 0.29) is 11.9 Å². The van der Waals surface area contributed by atoms with E-state index in [0.29, 0.717) is 5.82 Å². The van der Waals surface area contributed by atoms with E-state index >= 15 is 0 Å². The zero-order valence-corrected chi connectivity index (χ0v) is 17.5. The molecule has 6 nitrogen and oxygen atoms in total. The van der Waals surface area contributed by atoms with E-state index in [4.69, 9.17) is 4.98 Å². The molecule has 1 unspecified atom stereocenters. The van der Waals surface area contributed by atoms with Gasteiger partial charge in [-0.25, -0.2) is 9.97 Å². The first-order valence-corrected chi connectivity index (χ1v) is 10.5. The number of nitrogens with zero attached hydrogens (tertiary/aromatic N) is 4. The predicted molar refractivity (Wildman–Crippen MR) is 118 cm³/mol. The molecule has 6 heteroatoms. The summed E-state index contributed by atoms with van der Waals surface area (Å²) in [6, 6.07) is 14.0. The average Bonchev–Trinajstić information content (AvgIpc) is 3.12. The van der Waals surface area contributed by atoms with E-state index in [1.807, 2.05) is 36.9 Å². The van der Waals surface area contributed by atoms with Crippen LogP contribution in [0.5, 0.6) is 0 Å². The minimum absolute atomic E-state index is 0.154. The van der Waals surface area contributed by atoms with Gasteiger partial charge in [0.2, 0.25) is 5.91 Å². The molecule has 1 saturated heterocycles. The summed E-state index contributed by atoms with van der Waals surface area (Å²) in [7, 11) is 0. The molecular formula is C24H27N5O. The lowest BCUT2D eigenvalue weighted by molar-refractivity contribution is -0.128. The summed E-state index contributed by atoms with van der Waals surface area (Å²) in [4.78, 5) is 28.3. The molecule has 1 aliphatic rings. The molecule has 1 atom stereocenters. The van der Waals surface area contributed by atoms with Crippen molar-refractivity contribution >= 4 is 11.7 Å². The standard InChI is InChI=1S/C24H27N5O/c1-17-18(2)26-23(20-11-6-13-25-16-20)28-22(17)27-21-12-15-29(24(21)30)14-7-10-19-8-4-3-5-9-19/h3-6,8-9,11,13,16,21H,7,10,12,14-15H2,1-2H3,(H,26,27,28). The molecule has 0 aliphatic carbocycles. The first kappa shape index (κ1) is 20.0. The van der Waals surface area contributed by atoms with Gasteiger partial charge in [-0.2, -0.15) is 0 Å². The first-order chi connectivity index (χ1) is 14.6. The number of carbonyl (C=O) groups is 1. The zero-order valence-electron chi connectivity index (χ0n) is 17.5. The normalized spacial score (nSPS) is 16.1. The molecule has 154 valence electrons. The third-order valence-electron chi connectivity index (χ3n) is 5.65. The number of benzene rings is 1. The van der Waals surface area contributed by atoms with Crippen LogP contribution in [-0.4, -0.2) is 44.9 Å². The topological polar surface area (TPSA) is 71.0 Å². The van der Waals surface area contributed by atoms with Crippen molar-refractivity contribution in [3.63, 3.8) is 0 Å². The second-order valence-electron chi connectivity index (χ2n) is 7.75. The first-order valence-electron chi connectivity index (χ1n) is 10.5. The number of rotatable bonds is 7. The molecule has 0 bridgehead atoms. The van der Waals surface area contributed by atoms with Crippen LogP contribution < -0.4 is 5.32 Å². The number of likely N-dealkylation sites (tertiary alicyclic amines) is 1. The molecule has 1 fully saturated rings. The quantitative estimate of drug-likeness (QED) is 0.652. The zero-order chi connectivity index (χ0) is 20.9. The molecule has 3 heterocycles. The Morgan fingerprint density at radius 1 is 1.10 bits per heavy atom. The molecule has 4 rings (SSSR count). The third-order valence-corrected chi connectivity index (χ3v) is 5.65. The summed E-state index contributed by atoms with van der Waals surface area (Å²) in [6.07, 6.45) is 6.23. The minimum Gasteiger partial charge on any atom is -0.358 e. The number of aromatic nitrogens is 3. The summed E-state index contributed by atoms with van der Waals surface area (Å²) >= 11 is 0. The Kier molecular flexibility index (Phi) is 6.02. The van der Waals surface area contributed by atoms with Crippen molar-refractivity contribution in [3.8, 4) is 11.4 Å². The number of carbonyl (C=O) groups excluding carboxylic acids is 1.